The average Bonchev–Trinajstić information content (AvgIpc) is 2.64. The SMILES string of the molecule is O=C(O)C(F)Sc1ccc2c(c1)CCC2. The third-order valence-electron chi connectivity index (χ3n) is 2.50. The number of halogens is 1. The van der Waals surface area contributed by atoms with Crippen molar-refractivity contribution in [2.45, 2.75) is 29.7 Å². The van der Waals surface area contributed by atoms with Crippen LogP contribution in [0.5, 0.6) is 0 Å². The monoisotopic (exact) mass is 226 g/mol. The van der Waals surface area contributed by atoms with E-state index in [-0.39, 0.29) is 0 Å². The molecular weight excluding hydrogens is 215 g/mol. The maximum Gasteiger partial charge on any atom is 0.349 e. The van der Waals surface area contributed by atoms with Crippen LogP contribution in [-0.4, -0.2) is 16.6 Å². The van der Waals surface area contributed by atoms with Gasteiger partial charge in [0.15, 0.2) is 0 Å². The number of thioether (sulfide) groups is 1. The van der Waals surface area contributed by atoms with Crippen LogP contribution in [0.1, 0.15) is 17.5 Å². The average molecular weight is 226 g/mol. The molecule has 0 bridgehead atoms. The maximum absolute atomic E-state index is 12.9. The fraction of sp³-hybridized carbons (Fsp3) is 0.364. The van der Waals surface area contributed by atoms with Crippen LogP contribution >= 0.6 is 11.8 Å². The highest BCUT2D eigenvalue weighted by Gasteiger charge is 2.18. The van der Waals surface area contributed by atoms with Crippen molar-refractivity contribution in [3.8, 4) is 0 Å². The van der Waals surface area contributed by atoms with Crippen molar-refractivity contribution in [1.82, 2.24) is 0 Å². The molecule has 0 heterocycles. The predicted octanol–water partition coefficient (Wildman–Crippen LogP) is 2.65. The van der Waals surface area contributed by atoms with Gasteiger partial charge in [-0.25, -0.2) is 9.18 Å². The minimum atomic E-state index is -1.87. The molecule has 1 unspecified atom stereocenters. The summed E-state index contributed by atoms with van der Waals surface area (Å²) in [5.74, 6) is -1.42. The van der Waals surface area contributed by atoms with E-state index in [1.54, 1.807) is 6.07 Å². The Labute approximate surface area is 91.5 Å². The summed E-state index contributed by atoms with van der Waals surface area (Å²) in [6, 6.07) is 5.67. The molecule has 1 atom stereocenters. The molecule has 0 saturated heterocycles. The molecule has 80 valence electrons. The lowest BCUT2D eigenvalue weighted by Gasteiger charge is -2.05. The summed E-state index contributed by atoms with van der Waals surface area (Å²) in [7, 11) is 0. The van der Waals surface area contributed by atoms with Gasteiger partial charge in [0.1, 0.15) is 0 Å². The fourth-order valence-electron chi connectivity index (χ4n) is 1.79. The zero-order valence-electron chi connectivity index (χ0n) is 8.07. The van der Waals surface area contributed by atoms with E-state index in [2.05, 4.69) is 0 Å². The Kier molecular flexibility index (Phi) is 2.95. The molecule has 0 saturated carbocycles. The molecule has 0 amide bonds. The van der Waals surface area contributed by atoms with Gasteiger partial charge in [-0.3, -0.25) is 0 Å². The lowest BCUT2D eigenvalue weighted by atomic mass is 10.1. The van der Waals surface area contributed by atoms with E-state index < -0.39 is 11.5 Å². The summed E-state index contributed by atoms with van der Waals surface area (Å²) < 4.78 is 12.9. The molecule has 0 radical (unpaired) electrons. The molecule has 0 fully saturated rings. The smallest absolute Gasteiger partial charge is 0.349 e. The molecule has 1 N–H and O–H groups in total. The Morgan fingerprint density at radius 3 is 2.87 bits per heavy atom. The van der Waals surface area contributed by atoms with Gasteiger partial charge >= 0.3 is 5.97 Å². The Bertz CT molecular complexity index is 392. The zero-order chi connectivity index (χ0) is 10.8. The number of aryl methyl sites for hydroxylation is 2. The molecule has 15 heavy (non-hydrogen) atoms. The van der Waals surface area contributed by atoms with E-state index in [1.807, 2.05) is 12.1 Å². The molecule has 4 heteroatoms. The number of benzene rings is 1. The Balaban J connectivity index is 2.13. The summed E-state index contributed by atoms with van der Waals surface area (Å²) in [4.78, 5) is 11.0. The number of alkyl halides is 1. The lowest BCUT2D eigenvalue weighted by Crippen LogP contribution is -2.09. The normalized spacial score (nSPS) is 16.1. The Morgan fingerprint density at radius 2 is 2.13 bits per heavy atom. The van der Waals surface area contributed by atoms with Crippen LogP contribution in [0.15, 0.2) is 23.1 Å². The number of hydrogen-bond acceptors (Lipinski definition) is 2. The van der Waals surface area contributed by atoms with Crippen molar-refractivity contribution in [1.29, 1.82) is 0 Å². The minimum absolute atomic E-state index is 0.700. The number of rotatable bonds is 3. The van der Waals surface area contributed by atoms with E-state index in [9.17, 15) is 9.18 Å². The van der Waals surface area contributed by atoms with Crippen LogP contribution in [0, 0.1) is 0 Å². The van der Waals surface area contributed by atoms with Gasteiger partial charge in [0.2, 0.25) is 5.50 Å². The number of fused-ring (bicyclic) bond motifs is 1. The van der Waals surface area contributed by atoms with Crippen molar-refractivity contribution >= 4 is 17.7 Å². The standard InChI is InChI=1S/C11H11FO2S/c12-10(11(13)14)15-9-5-4-7-2-1-3-8(7)6-9/h4-6,10H,1-3H2,(H,13,14). The summed E-state index contributed by atoms with van der Waals surface area (Å²) in [5, 5.41) is 8.44. The highest BCUT2D eigenvalue weighted by Crippen LogP contribution is 2.30. The summed E-state index contributed by atoms with van der Waals surface area (Å²) in [6.07, 6.45) is 3.24. The topological polar surface area (TPSA) is 37.3 Å². The van der Waals surface area contributed by atoms with Gasteiger partial charge in [0.25, 0.3) is 0 Å². The van der Waals surface area contributed by atoms with Crippen LogP contribution in [0.3, 0.4) is 0 Å². The maximum atomic E-state index is 12.9. The van der Waals surface area contributed by atoms with Gasteiger partial charge in [0, 0.05) is 4.90 Å². The quantitative estimate of drug-likeness (QED) is 0.805. The van der Waals surface area contributed by atoms with Gasteiger partial charge in [-0.15, -0.1) is 0 Å². The minimum Gasteiger partial charge on any atom is -0.478 e. The highest BCUT2D eigenvalue weighted by atomic mass is 32.2. The number of hydrogen-bond donors (Lipinski definition) is 1. The molecular formula is C11H11FO2S. The van der Waals surface area contributed by atoms with E-state index >= 15 is 0 Å². The van der Waals surface area contributed by atoms with Crippen LogP contribution in [0.4, 0.5) is 4.39 Å². The molecule has 1 aliphatic carbocycles. The molecule has 2 rings (SSSR count). The molecule has 2 nitrogen and oxygen atoms in total. The van der Waals surface area contributed by atoms with Crippen molar-refractivity contribution < 1.29 is 14.3 Å². The third-order valence-corrected chi connectivity index (χ3v) is 3.44. The summed E-state index contributed by atoms with van der Waals surface area (Å²) in [5.41, 5.74) is 0.673. The van der Waals surface area contributed by atoms with Crippen LogP contribution in [-0.2, 0) is 17.6 Å². The second kappa shape index (κ2) is 4.23. The first-order valence-corrected chi connectivity index (χ1v) is 5.70. The van der Waals surface area contributed by atoms with E-state index in [0.29, 0.717) is 4.90 Å². The second-order valence-corrected chi connectivity index (χ2v) is 4.68. The van der Waals surface area contributed by atoms with Gasteiger partial charge in [-0.2, -0.15) is 0 Å². The van der Waals surface area contributed by atoms with Crippen molar-refractivity contribution in [3.05, 3.63) is 29.3 Å². The Hall–Kier alpha value is -1.03. The third kappa shape index (κ3) is 2.31. The summed E-state index contributed by atoms with van der Waals surface area (Å²) in [6.45, 7) is 0. The summed E-state index contributed by atoms with van der Waals surface area (Å²) >= 11 is 0.751. The van der Waals surface area contributed by atoms with E-state index in [4.69, 9.17) is 5.11 Å². The molecule has 1 aliphatic rings. The van der Waals surface area contributed by atoms with Crippen LogP contribution in [0.25, 0.3) is 0 Å². The van der Waals surface area contributed by atoms with Gasteiger partial charge in [-0.05, 0) is 42.5 Å². The molecule has 0 aromatic heterocycles. The number of carboxylic acid groups (broad SMARTS) is 1. The van der Waals surface area contributed by atoms with E-state index in [1.165, 1.54) is 11.1 Å². The lowest BCUT2D eigenvalue weighted by molar-refractivity contribution is -0.139. The van der Waals surface area contributed by atoms with Gasteiger partial charge < -0.3 is 5.11 Å². The first-order valence-electron chi connectivity index (χ1n) is 4.82. The molecule has 0 aliphatic heterocycles. The predicted molar refractivity (Wildman–Crippen MR) is 56.9 cm³/mol. The second-order valence-electron chi connectivity index (χ2n) is 3.56. The number of aliphatic carboxylic acids is 1. The van der Waals surface area contributed by atoms with Crippen LogP contribution in [0.2, 0.25) is 0 Å². The highest BCUT2D eigenvalue weighted by molar-refractivity contribution is 8.00. The molecule has 0 spiro atoms. The first kappa shape index (κ1) is 10.5. The van der Waals surface area contributed by atoms with Gasteiger partial charge in [0.05, 0.1) is 0 Å². The molecule has 1 aromatic rings. The fourth-order valence-corrected chi connectivity index (χ4v) is 2.49. The van der Waals surface area contributed by atoms with E-state index in [0.717, 1.165) is 31.0 Å². The molecule has 1 aromatic carbocycles. The zero-order valence-corrected chi connectivity index (χ0v) is 8.89. The Morgan fingerprint density at radius 1 is 1.40 bits per heavy atom. The number of carbonyl (C=O) groups is 1. The largest absolute Gasteiger partial charge is 0.478 e. The van der Waals surface area contributed by atoms with Crippen molar-refractivity contribution in [3.63, 3.8) is 0 Å². The number of carboxylic acids is 1. The van der Waals surface area contributed by atoms with Crippen molar-refractivity contribution in [2.24, 2.45) is 0 Å². The van der Waals surface area contributed by atoms with Crippen LogP contribution < -0.4 is 0 Å². The first-order chi connectivity index (χ1) is 7.16. The van der Waals surface area contributed by atoms with Crippen molar-refractivity contribution in [2.75, 3.05) is 0 Å². The van der Waals surface area contributed by atoms with Gasteiger partial charge in [-0.1, -0.05) is 17.8 Å².